The van der Waals surface area contributed by atoms with Crippen molar-refractivity contribution >= 4 is 24.0 Å². The van der Waals surface area contributed by atoms with Crippen molar-refractivity contribution in [2.24, 2.45) is 5.18 Å². The van der Waals surface area contributed by atoms with Crippen LogP contribution in [0.5, 0.6) is 5.75 Å². The molecule has 0 aliphatic carbocycles. The van der Waals surface area contributed by atoms with Crippen LogP contribution in [0.25, 0.3) is 0 Å². The Hall–Kier alpha value is -2.31. The lowest BCUT2D eigenvalue weighted by Gasteiger charge is -2.13. The topological polar surface area (TPSA) is 79.8 Å². The molecule has 1 unspecified atom stereocenters. The number of carbonyl (C=O) groups is 1. The van der Waals surface area contributed by atoms with Crippen molar-refractivity contribution in [3.05, 3.63) is 34.8 Å². The van der Waals surface area contributed by atoms with Gasteiger partial charge in [0.05, 0.1) is 12.7 Å². The summed E-state index contributed by atoms with van der Waals surface area (Å²) in [7, 11) is 3.12. The minimum Gasteiger partial charge on any atom is -0.494 e. The maximum absolute atomic E-state index is 12.5. The summed E-state index contributed by atoms with van der Waals surface area (Å²) in [5.74, 6) is 0.858. The summed E-state index contributed by atoms with van der Waals surface area (Å²) in [5.41, 5.74) is 2.13. The fourth-order valence-corrected chi connectivity index (χ4v) is 3.00. The van der Waals surface area contributed by atoms with Gasteiger partial charge in [-0.1, -0.05) is 44.0 Å². The van der Waals surface area contributed by atoms with Crippen LogP contribution < -0.4 is 15.4 Å². The van der Waals surface area contributed by atoms with E-state index in [-0.39, 0.29) is 17.3 Å². The number of hydrogen-bond donors (Lipinski definition) is 2. The number of benzene rings is 1. The van der Waals surface area contributed by atoms with E-state index >= 15 is 0 Å². The second kappa shape index (κ2) is 7.99. The predicted molar refractivity (Wildman–Crippen MR) is 98.9 cm³/mol. The highest BCUT2D eigenvalue weighted by Gasteiger charge is 2.38. The predicted octanol–water partition coefficient (Wildman–Crippen LogP) is 3.71. The molecular formula is C17H24BN3O3. The van der Waals surface area contributed by atoms with Crippen molar-refractivity contribution in [2.75, 3.05) is 26.0 Å². The minimum atomic E-state index is -0.237. The summed E-state index contributed by atoms with van der Waals surface area (Å²) in [6.45, 7) is 7.45. The Kier molecular flexibility index (Phi) is 6.01. The van der Waals surface area contributed by atoms with E-state index in [1.54, 1.807) is 7.05 Å². The summed E-state index contributed by atoms with van der Waals surface area (Å²) >= 11 is 0. The molecule has 1 amide bonds. The van der Waals surface area contributed by atoms with Crippen LogP contribution in [0.2, 0.25) is 18.5 Å². The number of ether oxygens (including phenoxy) is 1. The first-order valence-corrected chi connectivity index (χ1v) is 8.22. The van der Waals surface area contributed by atoms with E-state index in [2.05, 4.69) is 29.3 Å². The fraction of sp³-hybridized carbons (Fsp3) is 0.471. The van der Waals surface area contributed by atoms with Crippen molar-refractivity contribution in [1.29, 1.82) is 0 Å². The molecule has 1 saturated heterocycles. The molecule has 0 saturated carbocycles. The first-order valence-electron chi connectivity index (χ1n) is 8.22. The van der Waals surface area contributed by atoms with Gasteiger partial charge in [0.2, 0.25) is 0 Å². The molecule has 24 heavy (non-hydrogen) atoms. The number of hydrogen-bond acceptors (Lipinski definition) is 5. The average molecular weight is 329 g/mol. The lowest BCUT2D eigenvalue weighted by molar-refractivity contribution is 0.0957. The highest BCUT2D eigenvalue weighted by molar-refractivity contribution is 6.72. The van der Waals surface area contributed by atoms with Gasteiger partial charge < -0.3 is 15.4 Å². The molecule has 0 bridgehead atoms. The Labute approximate surface area is 143 Å². The molecule has 1 aliphatic heterocycles. The molecule has 2 rings (SSSR count). The van der Waals surface area contributed by atoms with E-state index in [0.29, 0.717) is 17.8 Å². The SMILES string of the molecule is C=C(CNC(=O)c1cc(OC)c(N=O)cc1NC)CB1CC1CC. The highest BCUT2D eigenvalue weighted by Crippen LogP contribution is 2.43. The molecule has 1 aromatic carbocycles. The normalized spacial score (nSPS) is 15.6. The number of nitroso groups, excluding NO2 is 1. The van der Waals surface area contributed by atoms with Crippen molar-refractivity contribution in [1.82, 2.24) is 5.32 Å². The average Bonchev–Trinajstić information content (AvgIpc) is 3.36. The van der Waals surface area contributed by atoms with Gasteiger partial charge in [-0.15, -0.1) is 4.91 Å². The zero-order chi connectivity index (χ0) is 17.7. The molecule has 128 valence electrons. The third kappa shape index (κ3) is 4.16. The van der Waals surface area contributed by atoms with Crippen LogP contribution in [0.1, 0.15) is 23.7 Å². The second-order valence-corrected chi connectivity index (χ2v) is 6.21. The van der Waals surface area contributed by atoms with E-state index in [0.717, 1.165) is 24.4 Å². The maximum Gasteiger partial charge on any atom is 0.253 e. The molecule has 1 atom stereocenters. The quantitative estimate of drug-likeness (QED) is 0.411. The molecule has 0 aromatic heterocycles. The Morgan fingerprint density at radius 1 is 1.50 bits per heavy atom. The van der Waals surface area contributed by atoms with Gasteiger partial charge >= 0.3 is 0 Å². The zero-order valence-electron chi connectivity index (χ0n) is 14.5. The number of carbonyl (C=O) groups excluding carboxylic acids is 1. The molecule has 1 fully saturated rings. The first-order chi connectivity index (χ1) is 11.5. The van der Waals surface area contributed by atoms with Gasteiger partial charge in [-0.2, -0.15) is 0 Å². The van der Waals surface area contributed by atoms with Crippen LogP contribution in [0.4, 0.5) is 11.4 Å². The molecule has 0 radical (unpaired) electrons. The van der Waals surface area contributed by atoms with Crippen molar-refractivity contribution in [3.8, 4) is 5.75 Å². The van der Waals surface area contributed by atoms with Gasteiger partial charge in [-0.25, -0.2) is 0 Å². The first kappa shape index (κ1) is 18.0. The molecule has 1 heterocycles. The number of amides is 1. The molecule has 7 heteroatoms. The standard InChI is InChI=1S/C17H24BN3O3/c1-5-12-9-18(12)8-11(2)10-20-17(22)13-6-16(24-4)15(21-23)7-14(13)19-3/h6-7,12,19H,2,5,8-10H2,1,3-4H3,(H,20,22). The smallest absolute Gasteiger partial charge is 0.253 e. The van der Waals surface area contributed by atoms with E-state index < -0.39 is 0 Å². The van der Waals surface area contributed by atoms with Gasteiger partial charge in [0, 0.05) is 19.3 Å². The van der Waals surface area contributed by atoms with Crippen molar-refractivity contribution < 1.29 is 9.53 Å². The van der Waals surface area contributed by atoms with E-state index in [9.17, 15) is 9.70 Å². The van der Waals surface area contributed by atoms with Gasteiger partial charge in [0.1, 0.15) is 12.5 Å². The number of nitrogens with one attached hydrogen (secondary N) is 2. The number of rotatable bonds is 9. The number of nitrogens with zero attached hydrogens (tertiary/aromatic N) is 1. The van der Waals surface area contributed by atoms with Crippen molar-refractivity contribution in [2.45, 2.75) is 31.8 Å². The van der Waals surface area contributed by atoms with Crippen LogP contribution in [0, 0.1) is 4.91 Å². The molecular weight excluding hydrogens is 305 g/mol. The largest absolute Gasteiger partial charge is 0.494 e. The van der Waals surface area contributed by atoms with E-state index in [4.69, 9.17) is 4.74 Å². The Morgan fingerprint density at radius 3 is 2.79 bits per heavy atom. The van der Waals surface area contributed by atoms with Crippen LogP contribution in [0.15, 0.2) is 29.5 Å². The fourth-order valence-electron chi connectivity index (χ4n) is 3.00. The third-order valence-corrected chi connectivity index (χ3v) is 4.57. The van der Waals surface area contributed by atoms with Crippen LogP contribution in [-0.2, 0) is 0 Å². The lowest BCUT2D eigenvalue weighted by atomic mass is 9.61. The monoisotopic (exact) mass is 329 g/mol. The summed E-state index contributed by atoms with van der Waals surface area (Å²) in [6.07, 6.45) is 3.45. The maximum atomic E-state index is 12.5. The summed E-state index contributed by atoms with van der Waals surface area (Å²) in [4.78, 5) is 23.3. The van der Waals surface area contributed by atoms with Crippen LogP contribution in [0.3, 0.4) is 0 Å². The number of anilines is 1. The van der Waals surface area contributed by atoms with Crippen molar-refractivity contribution in [3.63, 3.8) is 0 Å². The zero-order valence-corrected chi connectivity index (χ0v) is 14.5. The lowest BCUT2D eigenvalue weighted by Crippen LogP contribution is -2.26. The van der Waals surface area contributed by atoms with E-state index in [1.165, 1.54) is 32.0 Å². The molecule has 1 aliphatic rings. The van der Waals surface area contributed by atoms with Gasteiger partial charge in [0.15, 0.2) is 5.69 Å². The van der Waals surface area contributed by atoms with Crippen LogP contribution >= 0.6 is 0 Å². The Balaban J connectivity index is 2.01. The van der Waals surface area contributed by atoms with Crippen LogP contribution in [-0.4, -0.2) is 33.3 Å². The summed E-state index contributed by atoms with van der Waals surface area (Å²) in [6, 6.07) is 3.03. The van der Waals surface area contributed by atoms with E-state index in [1.807, 2.05) is 0 Å². The highest BCUT2D eigenvalue weighted by atomic mass is 16.5. The molecule has 2 N–H and O–H groups in total. The molecule has 1 aromatic rings. The van der Waals surface area contributed by atoms with Gasteiger partial charge in [-0.05, 0) is 17.3 Å². The summed E-state index contributed by atoms with van der Waals surface area (Å²) < 4.78 is 5.12. The second-order valence-electron chi connectivity index (χ2n) is 6.21. The van der Waals surface area contributed by atoms with Gasteiger partial charge in [-0.3, -0.25) is 4.79 Å². The molecule has 0 spiro atoms. The Morgan fingerprint density at radius 2 is 2.25 bits per heavy atom. The molecule has 6 nitrogen and oxygen atoms in total. The summed E-state index contributed by atoms with van der Waals surface area (Å²) in [5, 5.41) is 8.71. The Bertz CT molecular complexity index is 648. The third-order valence-electron chi connectivity index (χ3n) is 4.57. The minimum absolute atomic E-state index is 0.155. The number of methoxy groups -OCH3 is 1. The van der Waals surface area contributed by atoms with Gasteiger partial charge in [0.25, 0.3) is 5.91 Å².